The first-order valence-corrected chi connectivity index (χ1v) is 9.71. The number of amides is 1. The Morgan fingerprint density at radius 2 is 1.92 bits per heavy atom. The van der Waals surface area contributed by atoms with E-state index in [4.69, 9.17) is 9.47 Å². The number of nitrogens with one attached hydrogen (secondary N) is 1. The second-order valence-electron chi connectivity index (χ2n) is 6.29. The SMILES string of the molecule is COc1ccc(OCCNC(=O)c2sc(CN3CCCC3)nc2C)cc1. The molecule has 1 saturated heterocycles. The summed E-state index contributed by atoms with van der Waals surface area (Å²) >= 11 is 1.49. The van der Waals surface area contributed by atoms with E-state index in [2.05, 4.69) is 15.2 Å². The van der Waals surface area contributed by atoms with Crippen molar-refractivity contribution in [3.63, 3.8) is 0 Å². The Labute approximate surface area is 158 Å². The molecule has 1 aliphatic heterocycles. The Morgan fingerprint density at radius 3 is 2.62 bits per heavy atom. The molecule has 0 spiro atoms. The molecule has 0 bridgehead atoms. The highest BCUT2D eigenvalue weighted by molar-refractivity contribution is 7.13. The van der Waals surface area contributed by atoms with Crippen molar-refractivity contribution in [3.05, 3.63) is 39.8 Å². The van der Waals surface area contributed by atoms with Gasteiger partial charge in [-0.15, -0.1) is 11.3 Å². The first-order valence-electron chi connectivity index (χ1n) is 8.89. The summed E-state index contributed by atoms with van der Waals surface area (Å²) < 4.78 is 10.7. The number of hydrogen-bond donors (Lipinski definition) is 1. The summed E-state index contributed by atoms with van der Waals surface area (Å²) in [6.45, 7) is 5.86. The highest BCUT2D eigenvalue weighted by atomic mass is 32.1. The largest absolute Gasteiger partial charge is 0.497 e. The summed E-state index contributed by atoms with van der Waals surface area (Å²) in [5, 5.41) is 3.93. The van der Waals surface area contributed by atoms with Crippen LogP contribution in [0.5, 0.6) is 11.5 Å². The summed E-state index contributed by atoms with van der Waals surface area (Å²) in [6, 6.07) is 7.38. The minimum atomic E-state index is -0.0778. The molecule has 1 fully saturated rings. The van der Waals surface area contributed by atoms with Crippen molar-refractivity contribution < 1.29 is 14.3 Å². The molecule has 0 aliphatic carbocycles. The Balaban J connectivity index is 1.44. The predicted octanol–water partition coefficient (Wildman–Crippen LogP) is 2.86. The van der Waals surface area contributed by atoms with E-state index in [1.54, 1.807) is 7.11 Å². The number of benzene rings is 1. The van der Waals surface area contributed by atoms with Gasteiger partial charge in [0.1, 0.15) is 28.0 Å². The lowest BCUT2D eigenvalue weighted by Gasteiger charge is -2.11. The summed E-state index contributed by atoms with van der Waals surface area (Å²) in [4.78, 5) is 20.0. The fraction of sp³-hybridized carbons (Fsp3) is 0.474. The van der Waals surface area contributed by atoms with Crippen molar-refractivity contribution in [2.75, 3.05) is 33.4 Å². The van der Waals surface area contributed by atoms with Crippen LogP contribution in [-0.4, -0.2) is 49.1 Å². The van der Waals surface area contributed by atoms with Crippen LogP contribution < -0.4 is 14.8 Å². The number of ether oxygens (including phenoxy) is 2. The molecule has 1 aliphatic rings. The highest BCUT2D eigenvalue weighted by Crippen LogP contribution is 2.21. The van der Waals surface area contributed by atoms with Crippen molar-refractivity contribution in [1.82, 2.24) is 15.2 Å². The Bertz CT molecular complexity index is 724. The molecule has 0 unspecified atom stereocenters. The third kappa shape index (κ3) is 4.95. The molecule has 1 aromatic carbocycles. The van der Waals surface area contributed by atoms with Crippen molar-refractivity contribution in [2.45, 2.75) is 26.3 Å². The summed E-state index contributed by atoms with van der Waals surface area (Å²) in [6.07, 6.45) is 2.51. The molecular weight excluding hydrogens is 350 g/mol. The fourth-order valence-electron chi connectivity index (χ4n) is 2.95. The van der Waals surface area contributed by atoms with Gasteiger partial charge in [0.15, 0.2) is 0 Å². The monoisotopic (exact) mass is 375 g/mol. The van der Waals surface area contributed by atoms with Crippen molar-refractivity contribution >= 4 is 17.2 Å². The summed E-state index contributed by atoms with van der Waals surface area (Å²) in [5.74, 6) is 1.46. The fourth-order valence-corrected chi connectivity index (χ4v) is 3.97. The zero-order chi connectivity index (χ0) is 18.4. The Hall–Kier alpha value is -2.12. The molecular formula is C19H25N3O3S. The van der Waals surface area contributed by atoms with Gasteiger partial charge in [-0.25, -0.2) is 4.98 Å². The van der Waals surface area contributed by atoms with Crippen LogP contribution >= 0.6 is 11.3 Å². The second kappa shape index (κ2) is 9.00. The van der Waals surface area contributed by atoms with E-state index in [-0.39, 0.29) is 5.91 Å². The maximum Gasteiger partial charge on any atom is 0.263 e. The lowest BCUT2D eigenvalue weighted by Crippen LogP contribution is -2.27. The van der Waals surface area contributed by atoms with Gasteiger partial charge in [0, 0.05) is 0 Å². The molecule has 0 radical (unpaired) electrons. The molecule has 1 aromatic heterocycles. The smallest absolute Gasteiger partial charge is 0.263 e. The van der Waals surface area contributed by atoms with Gasteiger partial charge in [0.05, 0.1) is 25.9 Å². The zero-order valence-corrected chi connectivity index (χ0v) is 16.1. The van der Waals surface area contributed by atoms with Gasteiger partial charge < -0.3 is 14.8 Å². The predicted molar refractivity (Wildman–Crippen MR) is 102 cm³/mol. The molecule has 26 heavy (non-hydrogen) atoms. The molecule has 6 nitrogen and oxygen atoms in total. The third-order valence-electron chi connectivity index (χ3n) is 4.32. The van der Waals surface area contributed by atoms with E-state index in [0.29, 0.717) is 18.0 Å². The van der Waals surface area contributed by atoms with Crippen LogP contribution in [0.3, 0.4) is 0 Å². The molecule has 2 aromatic rings. The van der Waals surface area contributed by atoms with Crippen molar-refractivity contribution in [3.8, 4) is 11.5 Å². The quantitative estimate of drug-likeness (QED) is 0.719. The topological polar surface area (TPSA) is 63.7 Å². The van der Waals surface area contributed by atoms with Crippen molar-refractivity contribution in [1.29, 1.82) is 0 Å². The van der Waals surface area contributed by atoms with E-state index in [0.717, 1.165) is 41.8 Å². The normalized spacial score (nSPS) is 14.4. The maximum atomic E-state index is 12.4. The van der Waals surface area contributed by atoms with Crippen LogP contribution in [0.25, 0.3) is 0 Å². The summed E-state index contributed by atoms with van der Waals surface area (Å²) in [5.41, 5.74) is 0.803. The van der Waals surface area contributed by atoms with Crippen LogP contribution in [0.4, 0.5) is 0 Å². The number of methoxy groups -OCH3 is 1. The minimum Gasteiger partial charge on any atom is -0.497 e. The standard InChI is InChI=1S/C19H25N3O3S/c1-14-18(26-17(21-14)13-22-10-3-4-11-22)19(23)20-9-12-25-16-7-5-15(24-2)6-8-16/h5-8H,3-4,9-13H2,1-2H3,(H,20,23). The van der Waals surface area contributed by atoms with Gasteiger partial charge in [-0.05, 0) is 57.1 Å². The Morgan fingerprint density at radius 1 is 1.23 bits per heavy atom. The molecule has 140 valence electrons. The second-order valence-corrected chi connectivity index (χ2v) is 7.37. The molecule has 3 rings (SSSR count). The number of thiazole rings is 1. The third-order valence-corrected chi connectivity index (χ3v) is 5.46. The van der Waals surface area contributed by atoms with Crippen LogP contribution in [0, 0.1) is 6.92 Å². The number of aromatic nitrogens is 1. The number of hydrogen-bond acceptors (Lipinski definition) is 6. The molecule has 1 amide bonds. The zero-order valence-electron chi connectivity index (χ0n) is 15.3. The van der Waals surface area contributed by atoms with Gasteiger partial charge in [-0.3, -0.25) is 9.69 Å². The first-order chi connectivity index (χ1) is 12.7. The lowest BCUT2D eigenvalue weighted by molar-refractivity contribution is 0.0950. The van der Waals surface area contributed by atoms with E-state index in [9.17, 15) is 4.79 Å². The van der Waals surface area contributed by atoms with Crippen LogP contribution in [0.2, 0.25) is 0 Å². The molecule has 0 atom stereocenters. The average Bonchev–Trinajstić information content (AvgIpc) is 3.29. The van der Waals surface area contributed by atoms with E-state index < -0.39 is 0 Å². The Kier molecular flexibility index (Phi) is 6.46. The van der Waals surface area contributed by atoms with Gasteiger partial charge in [-0.2, -0.15) is 0 Å². The number of aryl methyl sites for hydroxylation is 1. The number of likely N-dealkylation sites (tertiary alicyclic amines) is 1. The maximum absolute atomic E-state index is 12.4. The number of rotatable bonds is 8. The van der Waals surface area contributed by atoms with Gasteiger partial charge in [0.25, 0.3) is 5.91 Å². The van der Waals surface area contributed by atoms with Gasteiger partial charge >= 0.3 is 0 Å². The number of nitrogens with zero attached hydrogens (tertiary/aromatic N) is 2. The van der Waals surface area contributed by atoms with E-state index in [1.165, 1.54) is 24.2 Å². The van der Waals surface area contributed by atoms with Crippen LogP contribution in [0.1, 0.15) is 33.2 Å². The highest BCUT2D eigenvalue weighted by Gasteiger charge is 2.18. The van der Waals surface area contributed by atoms with Gasteiger partial charge in [-0.1, -0.05) is 0 Å². The van der Waals surface area contributed by atoms with Crippen molar-refractivity contribution in [2.24, 2.45) is 0 Å². The lowest BCUT2D eigenvalue weighted by atomic mass is 10.3. The van der Waals surface area contributed by atoms with E-state index in [1.807, 2.05) is 31.2 Å². The number of carbonyl (C=O) groups is 1. The van der Waals surface area contributed by atoms with Crippen LogP contribution in [-0.2, 0) is 6.54 Å². The van der Waals surface area contributed by atoms with E-state index >= 15 is 0 Å². The minimum absolute atomic E-state index is 0.0778. The van der Waals surface area contributed by atoms with Gasteiger partial charge in [0.2, 0.25) is 0 Å². The first kappa shape index (κ1) is 18.7. The average molecular weight is 375 g/mol. The number of carbonyl (C=O) groups excluding carboxylic acids is 1. The van der Waals surface area contributed by atoms with Crippen LogP contribution in [0.15, 0.2) is 24.3 Å². The molecule has 2 heterocycles. The molecule has 1 N–H and O–H groups in total. The summed E-state index contributed by atoms with van der Waals surface area (Å²) in [7, 11) is 1.63. The molecule has 7 heteroatoms. The molecule has 0 saturated carbocycles.